The summed E-state index contributed by atoms with van der Waals surface area (Å²) in [5, 5.41) is 3.45. The molecule has 96 valence electrons. The lowest BCUT2D eigenvalue weighted by molar-refractivity contribution is 0.429. The minimum Gasteiger partial charge on any atom is -0.307 e. The average molecular weight is 254 g/mol. The second kappa shape index (κ2) is 5.41. The highest BCUT2D eigenvalue weighted by Crippen LogP contribution is 2.22. The molecule has 0 aliphatic heterocycles. The first-order valence-corrected chi connectivity index (χ1v) is 6.68. The van der Waals surface area contributed by atoms with E-state index in [1.165, 1.54) is 11.1 Å². The van der Waals surface area contributed by atoms with Crippen LogP contribution < -0.4 is 5.32 Å². The predicted octanol–water partition coefficient (Wildman–Crippen LogP) is 4.09. The molecule has 0 atom stereocenters. The van der Waals surface area contributed by atoms with Gasteiger partial charge in [0.25, 0.3) is 0 Å². The number of hydrogen-bond acceptors (Lipinski definition) is 1. The van der Waals surface area contributed by atoms with Crippen molar-refractivity contribution in [2.24, 2.45) is 0 Å². The molecule has 0 saturated carbocycles. The zero-order chi connectivity index (χ0) is 13.1. The van der Waals surface area contributed by atoms with Crippen molar-refractivity contribution in [3.63, 3.8) is 0 Å². The van der Waals surface area contributed by atoms with E-state index >= 15 is 0 Å². The molecule has 1 aromatic rings. The maximum absolute atomic E-state index is 5.88. The first-order chi connectivity index (χ1) is 7.74. The minimum absolute atomic E-state index is 0.00967. The van der Waals surface area contributed by atoms with E-state index in [4.69, 9.17) is 11.6 Å². The third-order valence-electron chi connectivity index (χ3n) is 2.93. The maximum Gasteiger partial charge on any atom is 0.0400 e. The van der Waals surface area contributed by atoms with Gasteiger partial charge in [-0.2, -0.15) is 0 Å². The number of alkyl halides is 1. The normalized spacial score (nSPS) is 12.8. The predicted molar refractivity (Wildman–Crippen MR) is 76.8 cm³/mol. The van der Waals surface area contributed by atoms with Gasteiger partial charge in [0, 0.05) is 18.0 Å². The second-order valence-corrected chi connectivity index (χ2v) is 6.59. The summed E-state index contributed by atoms with van der Waals surface area (Å²) in [6.45, 7) is 11.8. The van der Waals surface area contributed by atoms with Gasteiger partial charge in [0.15, 0.2) is 0 Å². The topological polar surface area (TPSA) is 12.0 Å². The van der Waals surface area contributed by atoms with Gasteiger partial charge in [0.2, 0.25) is 0 Å². The maximum atomic E-state index is 5.88. The fraction of sp³-hybridized carbons (Fsp3) is 0.600. The summed E-state index contributed by atoms with van der Waals surface area (Å²) in [5.74, 6) is 0.618. The molecule has 1 rings (SSSR count). The van der Waals surface area contributed by atoms with Crippen LogP contribution in [0.5, 0.6) is 0 Å². The van der Waals surface area contributed by atoms with Gasteiger partial charge in [0.1, 0.15) is 0 Å². The Morgan fingerprint density at radius 2 is 1.53 bits per heavy atom. The quantitative estimate of drug-likeness (QED) is 0.797. The van der Waals surface area contributed by atoms with Crippen molar-refractivity contribution in [1.29, 1.82) is 0 Å². The van der Waals surface area contributed by atoms with E-state index in [-0.39, 0.29) is 11.0 Å². The van der Waals surface area contributed by atoms with Gasteiger partial charge in [-0.05, 0) is 30.4 Å². The Morgan fingerprint density at radius 1 is 1.00 bits per heavy atom. The smallest absolute Gasteiger partial charge is 0.0400 e. The van der Waals surface area contributed by atoms with Crippen LogP contribution in [0.15, 0.2) is 24.3 Å². The molecular formula is C15H24ClN. The average Bonchev–Trinajstić information content (AvgIpc) is 2.26. The van der Waals surface area contributed by atoms with E-state index in [0.717, 1.165) is 6.54 Å². The van der Waals surface area contributed by atoms with Crippen LogP contribution in [0.4, 0.5) is 0 Å². The summed E-state index contributed by atoms with van der Waals surface area (Å²) in [5.41, 5.74) is 2.89. The number of rotatable bonds is 4. The highest BCUT2D eigenvalue weighted by atomic mass is 35.5. The molecule has 1 aromatic carbocycles. The highest BCUT2D eigenvalue weighted by Gasteiger charge is 2.15. The molecule has 2 heteroatoms. The molecule has 0 unspecified atom stereocenters. The Bertz CT molecular complexity index is 346. The zero-order valence-corrected chi connectivity index (χ0v) is 12.4. The number of benzene rings is 1. The Labute approximate surface area is 111 Å². The van der Waals surface area contributed by atoms with Gasteiger partial charge in [-0.25, -0.2) is 0 Å². The van der Waals surface area contributed by atoms with E-state index in [2.05, 4.69) is 64.2 Å². The van der Waals surface area contributed by atoms with Gasteiger partial charge >= 0.3 is 0 Å². The number of nitrogens with one attached hydrogen (secondary N) is 1. The van der Waals surface area contributed by atoms with E-state index < -0.39 is 0 Å². The van der Waals surface area contributed by atoms with Crippen molar-refractivity contribution in [3.05, 3.63) is 35.4 Å². The molecule has 0 aliphatic carbocycles. The summed E-state index contributed by atoms with van der Waals surface area (Å²) in [6, 6.07) is 8.81. The van der Waals surface area contributed by atoms with Crippen LogP contribution in [0.25, 0.3) is 0 Å². The molecule has 0 heterocycles. The van der Waals surface area contributed by atoms with Crippen molar-refractivity contribution < 1.29 is 0 Å². The van der Waals surface area contributed by atoms with Crippen molar-refractivity contribution >= 4 is 11.6 Å². The van der Waals surface area contributed by atoms with Crippen LogP contribution in [-0.4, -0.2) is 11.4 Å². The molecule has 0 fully saturated rings. The zero-order valence-electron chi connectivity index (χ0n) is 11.6. The summed E-state index contributed by atoms with van der Waals surface area (Å²) in [7, 11) is 0. The molecule has 17 heavy (non-hydrogen) atoms. The van der Waals surface area contributed by atoms with Crippen LogP contribution in [0.2, 0.25) is 0 Å². The Balaban J connectivity index is 2.64. The van der Waals surface area contributed by atoms with Crippen LogP contribution in [0.1, 0.15) is 45.7 Å². The van der Waals surface area contributed by atoms with E-state index in [1.54, 1.807) is 0 Å². The Hall–Kier alpha value is -0.530. The first kappa shape index (κ1) is 14.5. The number of halogens is 1. The van der Waals surface area contributed by atoms with E-state index in [0.29, 0.717) is 5.88 Å². The van der Waals surface area contributed by atoms with Gasteiger partial charge in [0.05, 0.1) is 0 Å². The molecule has 0 saturated heterocycles. The fourth-order valence-electron chi connectivity index (χ4n) is 1.51. The van der Waals surface area contributed by atoms with Gasteiger partial charge in [-0.3, -0.25) is 0 Å². The van der Waals surface area contributed by atoms with Crippen LogP contribution >= 0.6 is 11.6 Å². The minimum atomic E-state index is -0.00967. The molecule has 0 spiro atoms. The highest BCUT2D eigenvalue weighted by molar-refractivity contribution is 6.18. The fourth-order valence-corrected chi connectivity index (χ4v) is 1.61. The molecule has 0 aromatic heterocycles. The lowest BCUT2D eigenvalue weighted by atomic mass is 9.87. The lowest BCUT2D eigenvalue weighted by Gasteiger charge is -2.24. The third-order valence-corrected chi connectivity index (χ3v) is 3.59. The SMILES string of the molecule is CC(C)(CCl)NCc1ccc(C(C)(C)C)cc1. The largest absolute Gasteiger partial charge is 0.307 e. The van der Waals surface area contributed by atoms with Crippen LogP contribution in [0.3, 0.4) is 0 Å². The number of hydrogen-bond donors (Lipinski definition) is 1. The Kier molecular flexibility index (Phi) is 4.62. The molecule has 1 N–H and O–H groups in total. The standard InChI is InChI=1S/C15H24ClN/c1-14(2,3)13-8-6-12(7-9-13)10-17-15(4,5)11-16/h6-9,17H,10-11H2,1-5H3. The molecule has 0 bridgehead atoms. The second-order valence-electron chi connectivity index (χ2n) is 6.32. The molecule has 0 radical (unpaired) electrons. The summed E-state index contributed by atoms with van der Waals surface area (Å²) < 4.78 is 0. The molecule has 1 nitrogen and oxygen atoms in total. The summed E-state index contributed by atoms with van der Waals surface area (Å²) in [4.78, 5) is 0. The van der Waals surface area contributed by atoms with E-state index in [1.807, 2.05) is 0 Å². The Morgan fingerprint density at radius 3 is 1.94 bits per heavy atom. The molecule has 0 amide bonds. The third kappa shape index (κ3) is 4.69. The molecular weight excluding hydrogens is 230 g/mol. The van der Waals surface area contributed by atoms with Gasteiger partial charge < -0.3 is 5.32 Å². The first-order valence-electron chi connectivity index (χ1n) is 6.15. The lowest BCUT2D eigenvalue weighted by Crippen LogP contribution is -2.40. The van der Waals surface area contributed by atoms with Crippen LogP contribution in [-0.2, 0) is 12.0 Å². The monoisotopic (exact) mass is 253 g/mol. The summed E-state index contributed by atoms with van der Waals surface area (Å²) >= 11 is 5.88. The summed E-state index contributed by atoms with van der Waals surface area (Å²) in [6.07, 6.45) is 0. The van der Waals surface area contributed by atoms with Gasteiger partial charge in [-0.15, -0.1) is 11.6 Å². The van der Waals surface area contributed by atoms with Crippen LogP contribution in [0, 0.1) is 0 Å². The van der Waals surface area contributed by atoms with Crippen molar-refractivity contribution in [1.82, 2.24) is 5.32 Å². The van der Waals surface area contributed by atoms with Crippen molar-refractivity contribution in [3.8, 4) is 0 Å². The van der Waals surface area contributed by atoms with Crippen molar-refractivity contribution in [2.75, 3.05) is 5.88 Å². The van der Waals surface area contributed by atoms with E-state index in [9.17, 15) is 0 Å². The van der Waals surface area contributed by atoms with Crippen molar-refractivity contribution in [2.45, 2.75) is 52.1 Å². The molecule has 0 aliphatic rings. The van der Waals surface area contributed by atoms with Gasteiger partial charge in [-0.1, -0.05) is 45.0 Å².